The Bertz CT molecular complexity index is 496. The molecule has 0 saturated carbocycles. The Morgan fingerprint density at radius 2 is 2.05 bits per heavy atom. The van der Waals surface area contributed by atoms with E-state index in [1.807, 2.05) is 6.92 Å². The van der Waals surface area contributed by atoms with Crippen LogP contribution in [0.5, 0.6) is 0 Å². The first kappa shape index (κ1) is 15.9. The lowest BCUT2D eigenvalue weighted by atomic mass is 9.90. The molecule has 124 valence electrons. The molecule has 2 saturated heterocycles. The largest absolute Gasteiger partial charge is 0.347 e. The van der Waals surface area contributed by atoms with Gasteiger partial charge in [-0.1, -0.05) is 6.92 Å². The fourth-order valence-electron chi connectivity index (χ4n) is 3.65. The van der Waals surface area contributed by atoms with E-state index in [4.69, 9.17) is 9.47 Å². The van der Waals surface area contributed by atoms with Crippen LogP contribution >= 0.6 is 0 Å². The highest BCUT2D eigenvalue weighted by molar-refractivity contribution is 4.95. The summed E-state index contributed by atoms with van der Waals surface area (Å²) in [4.78, 5) is 2.47. The van der Waals surface area contributed by atoms with Crippen molar-refractivity contribution in [2.24, 2.45) is 5.92 Å². The van der Waals surface area contributed by atoms with Gasteiger partial charge in [-0.25, -0.2) is 0 Å². The summed E-state index contributed by atoms with van der Waals surface area (Å²) in [6, 6.07) is 0. The van der Waals surface area contributed by atoms with Crippen molar-refractivity contribution >= 4 is 0 Å². The first-order valence-electron chi connectivity index (χ1n) is 8.51. The number of piperidine rings is 1. The summed E-state index contributed by atoms with van der Waals surface area (Å²) in [5, 5.41) is 8.62. The maximum Gasteiger partial charge on any atom is 0.169 e. The molecule has 0 radical (unpaired) electrons. The first-order valence-corrected chi connectivity index (χ1v) is 8.51. The summed E-state index contributed by atoms with van der Waals surface area (Å²) >= 11 is 0. The van der Waals surface area contributed by atoms with Gasteiger partial charge in [0.05, 0.1) is 19.8 Å². The minimum absolute atomic E-state index is 0.397. The number of likely N-dealkylation sites (tertiary alicyclic amines) is 1. The molecule has 2 aliphatic rings. The van der Waals surface area contributed by atoms with E-state index in [1.54, 1.807) is 0 Å². The van der Waals surface area contributed by atoms with E-state index in [2.05, 4.69) is 33.5 Å². The molecule has 2 fully saturated rings. The number of aromatic nitrogens is 3. The topological polar surface area (TPSA) is 52.4 Å². The molecule has 0 aliphatic carbocycles. The van der Waals surface area contributed by atoms with Gasteiger partial charge in [-0.3, -0.25) is 4.90 Å². The lowest BCUT2D eigenvalue weighted by Crippen LogP contribution is -2.46. The molecule has 3 heterocycles. The van der Waals surface area contributed by atoms with Crippen molar-refractivity contribution in [2.75, 3.05) is 26.3 Å². The Kier molecular flexibility index (Phi) is 4.80. The summed E-state index contributed by atoms with van der Waals surface area (Å²) in [5.74, 6) is 2.14. The van der Waals surface area contributed by atoms with Gasteiger partial charge in [-0.05, 0) is 39.7 Å². The Morgan fingerprint density at radius 1 is 1.27 bits per heavy atom. The number of aryl methyl sites for hydroxylation is 1. The van der Waals surface area contributed by atoms with Crippen molar-refractivity contribution < 1.29 is 9.47 Å². The Balaban J connectivity index is 1.65. The predicted molar refractivity (Wildman–Crippen MR) is 83.4 cm³/mol. The van der Waals surface area contributed by atoms with Gasteiger partial charge in [0.15, 0.2) is 5.79 Å². The first-order chi connectivity index (χ1) is 10.6. The number of hydrogen-bond acceptors (Lipinski definition) is 5. The second-order valence-electron chi connectivity index (χ2n) is 6.60. The van der Waals surface area contributed by atoms with Crippen LogP contribution in [0.1, 0.15) is 44.8 Å². The third kappa shape index (κ3) is 3.19. The minimum atomic E-state index is -0.397. The molecule has 1 aromatic heterocycles. The third-order valence-corrected chi connectivity index (χ3v) is 4.93. The highest BCUT2D eigenvalue weighted by atomic mass is 16.7. The van der Waals surface area contributed by atoms with Crippen molar-refractivity contribution in [1.82, 2.24) is 19.7 Å². The predicted octanol–water partition coefficient (Wildman–Crippen LogP) is 1.97. The van der Waals surface area contributed by atoms with E-state index in [-0.39, 0.29) is 0 Å². The monoisotopic (exact) mass is 308 g/mol. The summed E-state index contributed by atoms with van der Waals surface area (Å²) in [6.45, 7) is 11.7. The molecule has 6 heteroatoms. The maximum absolute atomic E-state index is 5.86. The van der Waals surface area contributed by atoms with Crippen molar-refractivity contribution in [2.45, 2.75) is 58.9 Å². The fraction of sp³-hybridized carbons (Fsp3) is 0.875. The van der Waals surface area contributed by atoms with Crippen molar-refractivity contribution in [3.8, 4) is 0 Å². The van der Waals surface area contributed by atoms with Crippen LogP contribution in [0, 0.1) is 12.8 Å². The van der Waals surface area contributed by atoms with Crippen molar-refractivity contribution in [1.29, 1.82) is 0 Å². The second kappa shape index (κ2) is 6.64. The van der Waals surface area contributed by atoms with Crippen LogP contribution in [0.3, 0.4) is 0 Å². The van der Waals surface area contributed by atoms with E-state index < -0.39 is 5.79 Å². The summed E-state index contributed by atoms with van der Waals surface area (Å²) in [5.41, 5.74) is 0. The standard InChI is InChI=1S/C16H28N4O2/c1-4-7-20-13(2)17-18-15(20)12-19-8-5-6-14(11-19)16(3)21-9-10-22-16/h14H,4-12H2,1-3H3. The molecule has 1 unspecified atom stereocenters. The highest BCUT2D eigenvalue weighted by Gasteiger charge is 2.41. The molecule has 3 rings (SSSR count). The van der Waals surface area contributed by atoms with E-state index in [0.717, 1.165) is 57.5 Å². The number of nitrogens with zero attached hydrogens (tertiary/aromatic N) is 4. The lowest BCUT2D eigenvalue weighted by molar-refractivity contribution is -0.192. The Hall–Kier alpha value is -0.980. The zero-order valence-electron chi connectivity index (χ0n) is 14.0. The van der Waals surface area contributed by atoms with Crippen LogP contribution in [0.2, 0.25) is 0 Å². The van der Waals surface area contributed by atoms with Crippen LogP contribution < -0.4 is 0 Å². The molecule has 0 bridgehead atoms. The van der Waals surface area contributed by atoms with Gasteiger partial charge >= 0.3 is 0 Å². The number of rotatable bonds is 5. The molecule has 6 nitrogen and oxygen atoms in total. The number of ether oxygens (including phenoxy) is 2. The van der Waals surface area contributed by atoms with Crippen molar-refractivity contribution in [3.05, 3.63) is 11.6 Å². The smallest absolute Gasteiger partial charge is 0.169 e. The lowest BCUT2D eigenvalue weighted by Gasteiger charge is -2.39. The van der Waals surface area contributed by atoms with Crippen LogP contribution in [0.4, 0.5) is 0 Å². The van der Waals surface area contributed by atoms with E-state index in [0.29, 0.717) is 5.92 Å². The van der Waals surface area contributed by atoms with E-state index in [9.17, 15) is 0 Å². The molecular formula is C16H28N4O2. The third-order valence-electron chi connectivity index (χ3n) is 4.93. The van der Waals surface area contributed by atoms with Gasteiger partial charge in [-0.15, -0.1) is 10.2 Å². The SMILES string of the molecule is CCCn1c(C)nnc1CN1CCCC(C2(C)OCCO2)C1. The van der Waals surface area contributed by atoms with Gasteiger partial charge in [0.25, 0.3) is 0 Å². The van der Waals surface area contributed by atoms with Crippen LogP contribution in [0.25, 0.3) is 0 Å². The molecule has 1 atom stereocenters. The van der Waals surface area contributed by atoms with Gasteiger partial charge < -0.3 is 14.0 Å². The van der Waals surface area contributed by atoms with Gasteiger partial charge in [0, 0.05) is 19.0 Å². The summed E-state index contributed by atoms with van der Waals surface area (Å²) in [6.07, 6.45) is 3.47. The normalized spacial score (nSPS) is 25.7. The van der Waals surface area contributed by atoms with Gasteiger partial charge in [0.2, 0.25) is 0 Å². The molecule has 0 N–H and O–H groups in total. The quantitative estimate of drug-likeness (QED) is 0.832. The number of hydrogen-bond donors (Lipinski definition) is 0. The van der Waals surface area contributed by atoms with Crippen LogP contribution in [0.15, 0.2) is 0 Å². The molecule has 1 aromatic rings. The fourth-order valence-corrected chi connectivity index (χ4v) is 3.65. The molecule has 0 aromatic carbocycles. The second-order valence-corrected chi connectivity index (χ2v) is 6.60. The molecule has 0 spiro atoms. The molecular weight excluding hydrogens is 280 g/mol. The highest BCUT2D eigenvalue weighted by Crippen LogP contribution is 2.34. The zero-order valence-corrected chi connectivity index (χ0v) is 14.0. The average molecular weight is 308 g/mol. The minimum Gasteiger partial charge on any atom is -0.347 e. The van der Waals surface area contributed by atoms with Crippen LogP contribution in [-0.2, 0) is 22.6 Å². The van der Waals surface area contributed by atoms with Gasteiger partial charge in [0.1, 0.15) is 11.6 Å². The zero-order chi connectivity index (χ0) is 15.6. The summed E-state index contributed by atoms with van der Waals surface area (Å²) in [7, 11) is 0. The summed E-state index contributed by atoms with van der Waals surface area (Å²) < 4.78 is 14.0. The molecule has 0 amide bonds. The molecule has 22 heavy (non-hydrogen) atoms. The maximum atomic E-state index is 5.86. The Morgan fingerprint density at radius 3 is 2.77 bits per heavy atom. The van der Waals surface area contributed by atoms with Crippen molar-refractivity contribution in [3.63, 3.8) is 0 Å². The average Bonchev–Trinajstić information content (AvgIpc) is 3.10. The molecule has 2 aliphatic heterocycles. The Labute approximate surface area is 132 Å². The van der Waals surface area contributed by atoms with E-state index in [1.165, 1.54) is 12.8 Å². The van der Waals surface area contributed by atoms with E-state index >= 15 is 0 Å². The van der Waals surface area contributed by atoms with Crippen LogP contribution in [-0.4, -0.2) is 51.8 Å². The van der Waals surface area contributed by atoms with Gasteiger partial charge in [-0.2, -0.15) is 0 Å².